The van der Waals surface area contributed by atoms with Crippen molar-refractivity contribution in [2.45, 2.75) is 18.8 Å². The topological polar surface area (TPSA) is 71.4 Å². The summed E-state index contributed by atoms with van der Waals surface area (Å²) >= 11 is 0. The highest BCUT2D eigenvalue weighted by molar-refractivity contribution is 7.91. The molecule has 18 heavy (non-hydrogen) atoms. The van der Waals surface area contributed by atoms with Crippen molar-refractivity contribution < 1.29 is 8.42 Å². The summed E-state index contributed by atoms with van der Waals surface area (Å²) < 4.78 is 24.3. The fourth-order valence-electron chi connectivity index (χ4n) is 2.46. The number of aromatic amines is 1. The molecule has 0 unspecified atom stereocenters. The molecule has 0 bridgehead atoms. The Bertz CT molecular complexity index is 728. The molecule has 0 radical (unpaired) electrons. The lowest BCUT2D eigenvalue weighted by molar-refractivity contribution is 0.545. The van der Waals surface area contributed by atoms with E-state index in [-0.39, 0.29) is 23.0 Å². The third-order valence-corrected chi connectivity index (χ3v) is 5.24. The van der Waals surface area contributed by atoms with Gasteiger partial charge in [-0.3, -0.25) is 9.20 Å². The van der Waals surface area contributed by atoms with E-state index in [1.54, 1.807) is 16.7 Å². The van der Waals surface area contributed by atoms with E-state index >= 15 is 0 Å². The van der Waals surface area contributed by atoms with Gasteiger partial charge in [-0.2, -0.15) is 0 Å². The van der Waals surface area contributed by atoms with Crippen LogP contribution >= 0.6 is 0 Å². The van der Waals surface area contributed by atoms with E-state index in [9.17, 15) is 13.2 Å². The van der Waals surface area contributed by atoms with Crippen LogP contribution in [-0.2, 0) is 9.84 Å². The van der Waals surface area contributed by atoms with E-state index in [0.717, 1.165) is 11.3 Å². The quantitative estimate of drug-likeness (QED) is 0.834. The fraction of sp³-hybridized carbons (Fsp3) is 0.417. The van der Waals surface area contributed by atoms with Crippen LogP contribution in [0.15, 0.2) is 29.2 Å². The molecule has 6 heteroatoms. The Kier molecular flexibility index (Phi) is 2.55. The number of nitrogens with zero attached hydrogens (tertiary/aromatic N) is 1. The number of fused-ring (bicyclic) bond motifs is 1. The highest BCUT2D eigenvalue weighted by Crippen LogP contribution is 2.28. The number of rotatable bonds is 1. The van der Waals surface area contributed by atoms with Gasteiger partial charge in [-0.15, -0.1) is 0 Å². The monoisotopic (exact) mass is 266 g/mol. The molecule has 1 aliphatic rings. The smallest absolute Gasteiger partial charge is 0.256 e. The van der Waals surface area contributed by atoms with Crippen LogP contribution in [0, 0.1) is 0 Å². The number of imidazole rings is 1. The van der Waals surface area contributed by atoms with Gasteiger partial charge in [0.05, 0.1) is 11.5 Å². The number of sulfone groups is 1. The van der Waals surface area contributed by atoms with Crippen molar-refractivity contribution in [2.75, 3.05) is 11.5 Å². The van der Waals surface area contributed by atoms with Gasteiger partial charge in [-0.05, 0) is 18.9 Å². The van der Waals surface area contributed by atoms with Gasteiger partial charge >= 0.3 is 0 Å². The summed E-state index contributed by atoms with van der Waals surface area (Å²) in [5.74, 6) is 0.678. The molecule has 0 spiro atoms. The number of hydrogen-bond donors (Lipinski definition) is 1. The molecule has 96 valence electrons. The molecule has 1 saturated heterocycles. The second-order valence-corrected chi connectivity index (χ2v) is 7.06. The van der Waals surface area contributed by atoms with Crippen molar-refractivity contribution in [2.24, 2.45) is 0 Å². The standard InChI is InChI=1S/C12H14N2O3S/c15-12-3-1-2-11-13-10(8-14(11)12)9-4-6-18(16,17)7-5-9/h1-3,8-9,13H,4-7H2. The molecule has 2 aromatic heterocycles. The van der Waals surface area contributed by atoms with Gasteiger partial charge in [-0.25, -0.2) is 8.42 Å². The lowest BCUT2D eigenvalue weighted by atomic mass is 10.00. The van der Waals surface area contributed by atoms with E-state index < -0.39 is 9.84 Å². The minimum atomic E-state index is -2.84. The molecule has 0 aliphatic carbocycles. The summed E-state index contributed by atoms with van der Waals surface area (Å²) in [4.78, 5) is 14.8. The summed E-state index contributed by atoms with van der Waals surface area (Å²) in [6, 6.07) is 5.06. The maximum Gasteiger partial charge on any atom is 0.256 e. The molecule has 0 atom stereocenters. The zero-order chi connectivity index (χ0) is 12.8. The second kappa shape index (κ2) is 3.98. The first-order chi connectivity index (χ1) is 8.55. The number of pyridine rings is 1. The highest BCUT2D eigenvalue weighted by Gasteiger charge is 2.25. The molecular weight excluding hydrogens is 252 g/mol. The number of nitrogens with one attached hydrogen (secondary N) is 1. The molecular formula is C12H14N2O3S. The molecule has 3 heterocycles. The summed E-state index contributed by atoms with van der Waals surface area (Å²) in [6.45, 7) is 0. The van der Waals surface area contributed by atoms with Crippen LogP contribution in [-0.4, -0.2) is 29.3 Å². The minimum absolute atomic E-state index is 0.0709. The zero-order valence-electron chi connectivity index (χ0n) is 9.80. The molecule has 0 aromatic carbocycles. The maximum atomic E-state index is 11.6. The molecule has 0 saturated carbocycles. The molecule has 3 rings (SSSR count). The maximum absolute atomic E-state index is 11.6. The van der Waals surface area contributed by atoms with Crippen molar-refractivity contribution in [3.8, 4) is 0 Å². The van der Waals surface area contributed by atoms with Gasteiger partial charge < -0.3 is 4.98 Å². The summed E-state index contributed by atoms with van der Waals surface area (Å²) in [6.07, 6.45) is 3.05. The Labute approximate surface area is 104 Å². The van der Waals surface area contributed by atoms with Crippen LogP contribution in [0.1, 0.15) is 24.5 Å². The number of H-pyrrole nitrogens is 1. The van der Waals surface area contributed by atoms with E-state index in [1.165, 1.54) is 6.07 Å². The number of hydrogen-bond acceptors (Lipinski definition) is 3. The average Bonchev–Trinajstić information content (AvgIpc) is 2.74. The van der Waals surface area contributed by atoms with E-state index in [2.05, 4.69) is 4.98 Å². The van der Waals surface area contributed by atoms with Crippen LogP contribution in [0.3, 0.4) is 0 Å². The lowest BCUT2D eigenvalue weighted by Gasteiger charge is -2.20. The first kappa shape index (κ1) is 11.5. The van der Waals surface area contributed by atoms with Gasteiger partial charge in [0.2, 0.25) is 0 Å². The summed E-state index contributed by atoms with van der Waals surface area (Å²) in [5.41, 5.74) is 1.64. The first-order valence-electron chi connectivity index (χ1n) is 5.96. The van der Waals surface area contributed by atoms with Crippen molar-refractivity contribution in [1.29, 1.82) is 0 Å². The Hall–Kier alpha value is -1.56. The Morgan fingerprint density at radius 1 is 1.22 bits per heavy atom. The van der Waals surface area contributed by atoms with Crippen LogP contribution in [0.5, 0.6) is 0 Å². The Balaban J connectivity index is 1.96. The SMILES string of the molecule is O=c1cccc2[nH]c(C3CCS(=O)(=O)CC3)cn12. The predicted molar refractivity (Wildman–Crippen MR) is 68.6 cm³/mol. The second-order valence-electron chi connectivity index (χ2n) is 4.75. The molecule has 0 amide bonds. The Morgan fingerprint density at radius 2 is 1.94 bits per heavy atom. The van der Waals surface area contributed by atoms with Crippen molar-refractivity contribution in [1.82, 2.24) is 9.38 Å². The molecule has 1 aliphatic heterocycles. The van der Waals surface area contributed by atoms with Crippen molar-refractivity contribution >= 4 is 15.5 Å². The zero-order valence-corrected chi connectivity index (χ0v) is 10.6. The predicted octanol–water partition coefficient (Wildman–Crippen LogP) is 0.920. The third kappa shape index (κ3) is 1.96. The molecule has 1 N–H and O–H groups in total. The van der Waals surface area contributed by atoms with Gasteiger partial charge in [0.1, 0.15) is 15.5 Å². The van der Waals surface area contributed by atoms with E-state index in [4.69, 9.17) is 0 Å². The lowest BCUT2D eigenvalue weighted by Crippen LogP contribution is -2.22. The van der Waals surface area contributed by atoms with Crippen LogP contribution in [0.4, 0.5) is 0 Å². The van der Waals surface area contributed by atoms with Gasteiger partial charge in [0.25, 0.3) is 5.56 Å². The van der Waals surface area contributed by atoms with Crippen LogP contribution < -0.4 is 5.56 Å². The normalized spacial score (nSPS) is 20.2. The van der Waals surface area contributed by atoms with E-state index in [1.807, 2.05) is 6.07 Å². The Morgan fingerprint density at radius 3 is 2.61 bits per heavy atom. The molecule has 2 aromatic rings. The van der Waals surface area contributed by atoms with E-state index in [0.29, 0.717) is 12.8 Å². The molecule has 5 nitrogen and oxygen atoms in total. The van der Waals surface area contributed by atoms with Gasteiger partial charge in [-0.1, -0.05) is 6.07 Å². The van der Waals surface area contributed by atoms with Crippen LogP contribution in [0.25, 0.3) is 5.65 Å². The van der Waals surface area contributed by atoms with Crippen molar-refractivity contribution in [3.63, 3.8) is 0 Å². The highest BCUT2D eigenvalue weighted by atomic mass is 32.2. The first-order valence-corrected chi connectivity index (χ1v) is 7.78. The summed E-state index contributed by atoms with van der Waals surface area (Å²) in [7, 11) is -2.84. The molecule has 1 fully saturated rings. The number of aromatic nitrogens is 2. The minimum Gasteiger partial charge on any atom is -0.343 e. The van der Waals surface area contributed by atoms with Crippen molar-refractivity contribution in [3.05, 3.63) is 40.4 Å². The van der Waals surface area contributed by atoms with Gasteiger partial charge in [0, 0.05) is 23.9 Å². The third-order valence-electron chi connectivity index (χ3n) is 3.52. The largest absolute Gasteiger partial charge is 0.343 e. The summed E-state index contributed by atoms with van der Waals surface area (Å²) in [5, 5.41) is 0. The fourth-order valence-corrected chi connectivity index (χ4v) is 3.96. The average molecular weight is 266 g/mol. The van der Waals surface area contributed by atoms with Gasteiger partial charge in [0.15, 0.2) is 0 Å². The van der Waals surface area contributed by atoms with Crippen LogP contribution in [0.2, 0.25) is 0 Å².